The summed E-state index contributed by atoms with van der Waals surface area (Å²) in [5.41, 5.74) is 6.26. The first kappa shape index (κ1) is 21.8. The SMILES string of the molecule is NCC1CN(S(=O)(=O)c2cnc(C(c3ccc(F)c(F)c3)c3ccc(F)c(Cl)c3)[nH]2)C1. The molecule has 3 aromatic rings. The fourth-order valence-corrected chi connectivity index (χ4v) is 5.20. The van der Waals surface area contributed by atoms with E-state index in [1.165, 1.54) is 28.7 Å². The summed E-state index contributed by atoms with van der Waals surface area (Å²) in [5.74, 6) is -3.34. The Labute approximate surface area is 181 Å². The molecule has 1 atom stereocenters. The zero-order valence-corrected chi connectivity index (χ0v) is 17.6. The van der Waals surface area contributed by atoms with Crippen molar-refractivity contribution in [3.63, 3.8) is 0 Å². The molecule has 0 aliphatic carbocycles. The van der Waals surface area contributed by atoms with Crippen LogP contribution in [0.25, 0.3) is 0 Å². The van der Waals surface area contributed by atoms with E-state index in [-0.39, 0.29) is 27.4 Å². The topological polar surface area (TPSA) is 92.1 Å². The third-order valence-electron chi connectivity index (χ3n) is 5.27. The Morgan fingerprint density at radius 3 is 2.35 bits per heavy atom. The van der Waals surface area contributed by atoms with Gasteiger partial charge in [-0.1, -0.05) is 23.7 Å². The minimum absolute atomic E-state index is 0.105. The number of aromatic nitrogens is 2. The van der Waals surface area contributed by atoms with Crippen LogP contribution < -0.4 is 5.73 Å². The molecular weight excluding hydrogens is 453 g/mol. The minimum atomic E-state index is -3.81. The summed E-state index contributed by atoms with van der Waals surface area (Å²) in [6, 6.07) is 7.17. The predicted octanol–water partition coefficient (Wildman–Crippen LogP) is 3.24. The van der Waals surface area contributed by atoms with Crippen LogP contribution in [0.4, 0.5) is 13.2 Å². The number of imidazole rings is 1. The van der Waals surface area contributed by atoms with Gasteiger partial charge in [0.1, 0.15) is 11.6 Å². The Balaban J connectivity index is 1.76. The largest absolute Gasteiger partial charge is 0.331 e. The first-order valence-corrected chi connectivity index (χ1v) is 11.2. The van der Waals surface area contributed by atoms with E-state index in [1.807, 2.05) is 0 Å². The lowest BCUT2D eigenvalue weighted by Gasteiger charge is -2.36. The molecule has 1 aliphatic rings. The van der Waals surface area contributed by atoms with Crippen molar-refractivity contribution >= 4 is 21.6 Å². The van der Waals surface area contributed by atoms with Crippen molar-refractivity contribution in [2.75, 3.05) is 19.6 Å². The average Bonchev–Trinajstić information content (AvgIpc) is 3.17. The van der Waals surface area contributed by atoms with Crippen LogP contribution >= 0.6 is 11.6 Å². The van der Waals surface area contributed by atoms with Crippen molar-refractivity contribution < 1.29 is 21.6 Å². The first-order valence-electron chi connectivity index (χ1n) is 9.35. The van der Waals surface area contributed by atoms with Crippen molar-refractivity contribution in [1.29, 1.82) is 0 Å². The second-order valence-electron chi connectivity index (χ2n) is 7.34. The van der Waals surface area contributed by atoms with E-state index in [1.54, 1.807) is 0 Å². The molecule has 11 heteroatoms. The Hall–Kier alpha value is -2.40. The number of H-pyrrole nitrogens is 1. The van der Waals surface area contributed by atoms with Crippen LogP contribution in [0.3, 0.4) is 0 Å². The van der Waals surface area contributed by atoms with E-state index in [0.717, 1.165) is 18.2 Å². The van der Waals surface area contributed by atoms with Crippen LogP contribution in [0.1, 0.15) is 22.9 Å². The molecule has 1 aromatic heterocycles. The number of halogens is 4. The highest BCUT2D eigenvalue weighted by Crippen LogP contribution is 2.34. The standard InChI is InChI=1S/C20H18ClF3N4O2S/c21-14-5-12(1-3-15(14)22)19(13-2-4-16(23)17(24)6-13)20-26-8-18(27-20)31(29,30)28-9-11(7-25)10-28/h1-6,8,11,19H,7,9-10,25H2,(H,26,27). The summed E-state index contributed by atoms with van der Waals surface area (Å²) in [6.45, 7) is 1.02. The van der Waals surface area contributed by atoms with Gasteiger partial charge in [-0.3, -0.25) is 0 Å². The molecule has 1 saturated heterocycles. The van der Waals surface area contributed by atoms with Gasteiger partial charge in [0, 0.05) is 13.1 Å². The highest BCUT2D eigenvalue weighted by Gasteiger charge is 2.37. The number of nitrogens with two attached hydrogens (primary N) is 1. The van der Waals surface area contributed by atoms with Crippen LogP contribution in [0.5, 0.6) is 0 Å². The fourth-order valence-electron chi connectivity index (χ4n) is 3.50. The lowest BCUT2D eigenvalue weighted by Crippen LogP contribution is -2.52. The van der Waals surface area contributed by atoms with Crippen LogP contribution in [0.2, 0.25) is 5.02 Å². The Kier molecular flexibility index (Phi) is 5.82. The maximum Gasteiger partial charge on any atom is 0.260 e. The monoisotopic (exact) mass is 470 g/mol. The summed E-state index contributed by atoms with van der Waals surface area (Å²) in [5, 5.41) is -0.309. The molecule has 4 rings (SSSR count). The summed E-state index contributed by atoms with van der Waals surface area (Å²) in [6.07, 6.45) is 1.17. The summed E-state index contributed by atoms with van der Waals surface area (Å²) >= 11 is 5.91. The quantitative estimate of drug-likeness (QED) is 0.578. The molecule has 2 heterocycles. The van der Waals surface area contributed by atoms with Gasteiger partial charge < -0.3 is 10.7 Å². The molecule has 0 amide bonds. The second kappa shape index (κ2) is 8.27. The molecule has 2 aromatic carbocycles. The number of sulfonamides is 1. The molecule has 3 N–H and O–H groups in total. The normalized spacial score (nSPS) is 16.3. The molecule has 1 aliphatic heterocycles. The molecule has 0 radical (unpaired) electrons. The van der Waals surface area contributed by atoms with Gasteiger partial charge >= 0.3 is 0 Å². The summed E-state index contributed by atoms with van der Waals surface area (Å²) in [4.78, 5) is 6.96. The third-order valence-corrected chi connectivity index (χ3v) is 7.31. The van der Waals surface area contributed by atoms with Crippen molar-refractivity contribution in [3.8, 4) is 0 Å². The molecule has 1 unspecified atom stereocenters. The number of nitrogens with one attached hydrogen (secondary N) is 1. The Morgan fingerprint density at radius 1 is 1.10 bits per heavy atom. The van der Waals surface area contributed by atoms with Gasteiger partial charge in [0.25, 0.3) is 10.0 Å². The zero-order chi connectivity index (χ0) is 22.3. The Morgan fingerprint density at radius 2 is 1.74 bits per heavy atom. The van der Waals surface area contributed by atoms with Crippen LogP contribution in [0, 0.1) is 23.4 Å². The maximum absolute atomic E-state index is 13.9. The average molecular weight is 471 g/mol. The van der Waals surface area contributed by atoms with E-state index >= 15 is 0 Å². The summed E-state index contributed by atoms with van der Waals surface area (Å²) in [7, 11) is -3.81. The highest BCUT2D eigenvalue weighted by atomic mass is 35.5. The Bertz CT molecular complexity index is 1180. The lowest BCUT2D eigenvalue weighted by molar-refractivity contribution is 0.207. The summed E-state index contributed by atoms with van der Waals surface area (Å²) < 4.78 is 68.0. The highest BCUT2D eigenvalue weighted by molar-refractivity contribution is 7.89. The van der Waals surface area contributed by atoms with Crippen molar-refractivity contribution in [2.45, 2.75) is 10.9 Å². The number of rotatable bonds is 6. The van der Waals surface area contributed by atoms with Crippen LogP contribution in [0.15, 0.2) is 47.6 Å². The van der Waals surface area contributed by atoms with Crippen LogP contribution in [-0.2, 0) is 10.0 Å². The van der Waals surface area contributed by atoms with Gasteiger partial charge in [-0.25, -0.2) is 26.6 Å². The van der Waals surface area contributed by atoms with Gasteiger partial charge in [0.05, 0.1) is 17.1 Å². The predicted molar refractivity (Wildman–Crippen MR) is 109 cm³/mol. The molecule has 0 saturated carbocycles. The van der Waals surface area contributed by atoms with Crippen molar-refractivity contribution in [1.82, 2.24) is 14.3 Å². The number of benzene rings is 2. The molecule has 164 valence electrons. The lowest BCUT2D eigenvalue weighted by atomic mass is 9.90. The molecule has 0 spiro atoms. The second-order valence-corrected chi connectivity index (χ2v) is 9.65. The maximum atomic E-state index is 13.9. The van der Waals surface area contributed by atoms with E-state index in [2.05, 4.69) is 9.97 Å². The molecule has 6 nitrogen and oxygen atoms in total. The number of aromatic amines is 1. The van der Waals surface area contributed by atoms with Crippen molar-refractivity contribution in [3.05, 3.63) is 82.0 Å². The minimum Gasteiger partial charge on any atom is -0.331 e. The van der Waals surface area contributed by atoms with Gasteiger partial charge in [0.2, 0.25) is 0 Å². The molecule has 31 heavy (non-hydrogen) atoms. The van der Waals surface area contributed by atoms with Gasteiger partial charge in [-0.2, -0.15) is 4.31 Å². The first-order chi connectivity index (χ1) is 14.7. The van der Waals surface area contributed by atoms with E-state index in [0.29, 0.717) is 25.2 Å². The molecular formula is C20H18ClF3N4O2S. The molecule has 1 fully saturated rings. The van der Waals surface area contributed by atoms with E-state index in [4.69, 9.17) is 17.3 Å². The molecule has 0 bridgehead atoms. The number of nitrogens with zero attached hydrogens (tertiary/aromatic N) is 2. The fraction of sp³-hybridized carbons (Fsp3) is 0.250. The van der Waals surface area contributed by atoms with Crippen molar-refractivity contribution in [2.24, 2.45) is 11.7 Å². The zero-order valence-electron chi connectivity index (χ0n) is 16.0. The number of hydrogen-bond acceptors (Lipinski definition) is 4. The third kappa shape index (κ3) is 4.08. The van der Waals surface area contributed by atoms with Gasteiger partial charge in [-0.15, -0.1) is 0 Å². The van der Waals surface area contributed by atoms with E-state index < -0.39 is 33.4 Å². The smallest absolute Gasteiger partial charge is 0.260 e. The van der Waals surface area contributed by atoms with E-state index in [9.17, 15) is 21.6 Å². The van der Waals surface area contributed by atoms with Gasteiger partial charge in [-0.05, 0) is 47.9 Å². The number of hydrogen-bond donors (Lipinski definition) is 2. The van der Waals surface area contributed by atoms with Crippen LogP contribution in [-0.4, -0.2) is 42.3 Å². The van der Waals surface area contributed by atoms with Gasteiger partial charge in [0.15, 0.2) is 16.7 Å².